The third kappa shape index (κ3) is 3.22. The number of carbonyl (C=O) groups is 1. The van der Waals surface area contributed by atoms with E-state index in [2.05, 4.69) is 22.0 Å². The molecule has 1 aliphatic carbocycles. The maximum absolute atomic E-state index is 13.1. The molecule has 2 heterocycles. The van der Waals surface area contributed by atoms with Crippen LogP contribution in [0.25, 0.3) is 0 Å². The molecular weight excluding hydrogens is 424 g/mol. The van der Waals surface area contributed by atoms with Crippen LogP contribution in [-0.2, 0) is 17.6 Å². The molecule has 2 aromatic rings. The number of hydrogen-bond donors (Lipinski definition) is 0. The van der Waals surface area contributed by atoms with Gasteiger partial charge in [-0.05, 0) is 63.5 Å². The minimum absolute atomic E-state index is 0.118. The number of rotatable bonds is 3. The third-order valence-corrected chi connectivity index (χ3v) is 6.53. The maximum atomic E-state index is 13.1. The first kappa shape index (κ1) is 18.4. The molecule has 0 radical (unpaired) electrons. The number of hydrogen-bond acceptors (Lipinski definition) is 5. The predicted molar refractivity (Wildman–Crippen MR) is 112 cm³/mol. The first-order valence-corrected chi connectivity index (χ1v) is 10.5. The van der Waals surface area contributed by atoms with Gasteiger partial charge in [0.1, 0.15) is 16.8 Å². The molecule has 1 aromatic heterocycles. The number of aryl methyl sites for hydroxylation is 1. The number of thiophene rings is 1. The number of benzene rings is 1. The minimum Gasteiger partial charge on any atom is -0.293 e. The van der Waals surface area contributed by atoms with Crippen molar-refractivity contribution in [3.8, 4) is 6.07 Å². The highest BCUT2D eigenvalue weighted by Gasteiger charge is 2.35. The van der Waals surface area contributed by atoms with Crippen molar-refractivity contribution in [1.29, 1.82) is 5.26 Å². The largest absolute Gasteiger partial charge is 0.293 e. The van der Waals surface area contributed by atoms with Crippen LogP contribution in [0.1, 0.15) is 34.4 Å². The zero-order valence-corrected chi connectivity index (χ0v) is 17.7. The van der Waals surface area contributed by atoms with Gasteiger partial charge in [0, 0.05) is 14.9 Å². The Labute approximate surface area is 171 Å². The lowest BCUT2D eigenvalue weighted by Gasteiger charge is -2.21. The summed E-state index contributed by atoms with van der Waals surface area (Å²) in [6, 6.07) is 8.14. The van der Waals surface area contributed by atoms with Gasteiger partial charge in [-0.15, -0.1) is 11.3 Å². The summed E-state index contributed by atoms with van der Waals surface area (Å²) in [5.41, 5.74) is 3.88. The zero-order chi connectivity index (χ0) is 19.1. The average molecular weight is 443 g/mol. The van der Waals surface area contributed by atoms with Gasteiger partial charge in [-0.2, -0.15) is 5.26 Å². The van der Waals surface area contributed by atoms with Gasteiger partial charge in [0.25, 0.3) is 5.91 Å². The number of carbonyl (C=O) groups excluding carboxylic acids is 1. The molecular formula is C20H19BrN4OS. The van der Waals surface area contributed by atoms with Gasteiger partial charge in [0.2, 0.25) is 0 Å². The fraction of sp³-hybridized carbons (Fsp3) is 0.350. The average Bonchev–Trinajstić information content (AvgIpc) is 3.11. The molecule has 0 saturated heterocycles. The number of nitriles is 1. The van der Waals surface area contributed by atoms with Crippen LogP contribution in [0, 0.1) is 11.3 Å². The lowest BCUT2D eigenvalue weighted by Crippen LogP contribution is -2.37. The molecule has 1 aromatic carbocycles. The summed E-state index contributed by atoms with van der Waals surface area (Å²) < 4.78 is 0.902. The van der Waals surface area contributed by atoms with E-state index in [0.29, 0.717) is 22.9 Å². The van der Waals surface area contributed by atoms with Crippen LogP contribution in [0.4, 0.5) is 10.7 Å². The van der Waals surface area contributed by atoms with Gasteiger partial charge < -0.3 is 0 Å². The van der Waals surface area contributed by atoms with Crippen LogP contribution in [0.15, 0.2) is 27.7 Å². The number of amides is 1. The fourth-order valence-corrected chi connectivity index (χ4v) is 5.24. The first-order valence-electron chi connectivity index (χ1n) is 8.89. The van der Waals surface area contributed by atoms with Gasteiger partial charge in [0.15, 0.2) is 0 Å². The third-order valence-electron chi connectivity index (χ3n) is 4.85. The molecule has 1 aliphatic heterocycles. The van der Waals surface area contributed by atoms with Crippen molar-refractivity contribution in [2.75, 3.05) is 25.7 Å². The number of fused-ring (bicyclic) bond motifs is 2. The number of aliphatic imine (C=N–C) groups is 1. The Kier molecular flexibility index (Phi) is 4.89. The highest BCUT2D eigenvalue weighted by atomic mass is 79.9. The van der Waals surface area contributed by atoms with E-state index >= 15 is 0 Å². The van der Waals surface area contributed by atoms with E-state index in [9.17, 15) is 10.1 Å². The molecule has 5 nitrogen and oxygen atoms in total. The summed E-state index contributed by atoms with van der Waals surface area (Å²) in [6.45, 7) is 0.485. The van der Waals surface area contributed by atoms with Crippen molar-refractivity contribution in [2.24, 2.45) is 4.99 Å². The summed E-state index contributed by atoms with van der Waals surface area (Å²) in [6.07, 6.45) is 4.20. The fourth-order valence-electron chi connectivity index (χ4n) is 3.66. The van der Waals surface area contributed by atoms with Crippen LogP contribution >= 0.6 is 27.3 Å². The molecule has 2 aliphatic rings. The van der Waals surface area contributed by atoms with Crippen LogP contribution in [0.5, 0.6) is 0 Å². The summed E-state index contributed by atoms with van der Waals surface area (Å²) in [5, 5.41) is 10.4. The molecule has 0 N–H and O–H groups in total. The molecule has 0 saturated carbocycles. The molecule has 1 amide bonds. The molecule has 138 valence electrons. The minimum atomic E-state index is -0.118. The van der Waals surface area contributed by atoms with E-state index < -0.39 is 0 Å². The van der Waals surface area contributed by atoms with Gasteiger partial charge >= 0.3 is 0 Å². The molecule has 0 spiro atoms. The van der Waals surface area contributed by atoms with Crippen LogP contribution < -0.4 is 4.90 Å². The van der Waals surface area contributed by atoms with Gasteiger partial charge in [-0.25, -0.2) is 4.99 Å². The van der Waals surface area contributed by atoms with Crippen molar-refractivity contribution >= 4 is 49.6 Å². The second-order valence-corrected chi connectivity index (χ2v) is 9.08. The van der Waals surface area contributed by atoms with E-state index in [1.165, 1.54) is 4.88 Å². The van der Waals surface area contributed by atoms with Crippen LogP contribution in [0.2, 0.25) is 0 Å². The highest BCUT2D eigenvalue weighted by Crippen LogP contribution is 2.41. The Morgan fingerprint density at radius 2 is 2.11 bits per heavy atom. The monoisotopic (exact) mass is 442 g/mol. The molecule has 4 rings (SSSR count). The topological polar surface area (TPSA) is 59.7 Å². The van der Waals surface area contributed by atoms with E-state index in [-0.39, 0.29) is 5.91 Å². The van der Waals surface area contributed by atoms with Crippen molar-refractivity contribution in [3.63, 3.8) is 0 Å². The standard InChI is InChI=1S/C20H19BrN4OS/c1-24(2)11-25-16-8-7-12(21)9-14(16)18(20(25)26)23-19-15(10-22)13-5-3-4-6-17(13)27-19/h7-9H,3-6,11H2,1-2H3. The van der Waals surface area contributed by atoms with Crippen molar-refractivity contribution < 1.29 is 4.79 Å². The van der Waals surface area contributed by atoms with E-state index in [4.69, 9.17) is 4.99 Å². The molecule has 0 atom stereocenters. The number of halogens is 1. The maximum Gasteiger partial charge on any atom is 0.278 e. The molecule has 0 fully saturated rings. The van der Waals surface area contributed by atoms with Gasteiger partial charge in [-0.1, -0.05) is 15.9 Å². The molecule has 0 unspecified atom stereocenters. The van der Waals surface area contributed by atoms with E-state index in [1.54, 1.807) is 16.2 Å². The molecule has 27 heavy (non-hydrogen) atoms. The smallest absolute Gasteiger partial charge is 0.278 e. The SMILES string of the molecule is CN(C)CN1C(=O)C(=Nc2sc3c(c2C#N)CCCC3)c2cc(Br)ccc21. The zero-order valence-electron chi connectivity index (χ0n) is 15.3. The van der Waals surface area contributed by atoms with Crippen molar-refractivity contribution in [1.82, 2.24) is 4.90 Å². The summed E-state index contributed by atoms with van der Waals surface area (Å²) in [5.74, 6) is -0.118. The Balaban J connectivity index is 1.85. The second kappa shape index (κ2) is 7.19. The summed E-state index contributed by atoms with van der Waals surface area (Å²) >= 11 is 5.06. The Morgan fingerprint density at radius 3 is 2.85 bits per heavy atom. The lowest BCUT2D eigenvalue weighted by molar-refractivity contribution is -0.112. The van der Waals surface area contributed by atoms with E-state index in [0.717, 1.165) is 47.0 Å². The summed E-state index contributed by atoms with van der Waals surface area (Å²) in [7, 11) is 3.87. The van der Waals surface area contributed by atoms with E-state index in [1.807, 2.05) is 37.2 Å². The van der Waals surface area contributed by atoms with Crippen molar-refractivity contribution in [2.45, 2.75) is 25.7 Å². The second-order valence-electron chi connectivity index (χ2n) is 7.08. The number of anilines is 1. The van der Waals surface area contributed by atoms with Crippen LogP contribution in [0.3, 0.4) is 0 Å². The number of nitrogens with zero attached hydrogens (tertiary/aromatic N) is 4. The Hall–Kier alpha value is -2.01. The molecule has 7 heteroatoms. The normalized spacial score (nSPS) is 17.4. The van der Waals surface area contributed by atoms with Crippen LogP contribution in [-0.4, -0.2) is 37.3 Å². The highest BCUT2D eigenvalue weighted by molar-refractivity contribution is 9.10. The van der Waals surface area contributed by atoms with Gasteiger partial charge in [0.05, 0.1) is 17.9 Å². The predicted octanol–water partition coefficient (Wildman–Crippen LogP) is 4.25. The lowest BCUT2D eigenvalue weighted by atomic mass is 9.96. The summed E-state index contributed by atoms with van der Waals surface area (Å²) in [4.78, 5) is 22.8. The van der Waals surface area contributed by atoms with Gasteiger partial charge in [-0.3, -0.25) is 14.6 Å². The molecule has 0 bridgehead atoms. The Bertz CT molecular complexity index is 1000. The van der Waals surface area contributed by atoms with Crippen molar-refractivity contribution in [3.05, 3.63) is 44.2 Å². The first-order chi connectivity index (χ1) is 13.0. The quantitative estimate of drug-likeness (QED) is 0.713. The Morgan fingerprint density at radius 1 is 1.33 bits per heavy atom.